The van der Waals surface area contributed by atoms with Crippen molar-refractivity contribution in [1.29, 1.82) is 0 Å². The molecule has 0 aromatic carbocycles. The topological polar surface area (TPSA) is 105 Å². The fourth-order valence-corrected chi connectivity index (χ4v) is 4.34. The number of rotatable bonds is 3. The van der Waals surface area contributed by atoms with E-state index in [4.69, 9.17) is 4.74 Å². The average molecular weight is 400 g/mol. The van der Waals surface area contributed by atoms with Crippen LogP contribution in [0.15, 0.2) is 24.8 Å². The number of amides is 1. The minimum Gasteiger partial charge on any atom is -0.388 e. The number of nitrogens with zero attached hydrogens (tertiary/aromatic N) is 5. The van der Waals surface area contributed by atoms with Gasteiger partial charge in [0, 0.05) is 39.0 Å². The maximum atomic E-state index is 12.7. The van der Waals surface area contributed by atoms with E-state index in [1.165, 1.54) is 0 Å². The van der Waals surface area contributed by atoms with Gasteiger partial charge in [0.1, 0.15) is 23.4 Å². The molecule has 2 saturated heterocycles. The Morgan fingerprint density at radius 3 is 2.76 bits per heavy atom. The molecule has 156 valence electrons. The van der Waals surface area contributed by atoms with Crippen LogP contribution in [0.4, 0.5) is 5.82 Å². The Bertz CT molecular complexity index is 892. The predicted octanol–water partition coefficient (Wildman–Crippen LogP) is 0.827. The Kier molecular flexibility index (Phi) is 5.04. The summed E-state index contributed by atoms with van der Waals surface area (Å²) in [5.74, 6) is 1.40. The van der Waals surface area contributed by atoms with Gasteiger partial charge in [0.15, 0.2) is 0 Å². The van der Waals surface area contributed by atoms with Crippen molar-refractivity contribution in [2.24, 2.45) is 7.05 Å². The first-order chi connectivity index (χ1) is 13.8. The number of hydrogen-bond acceptors (Lipinski definition) is 7. The molecule has 1 amide bonds. The van der Waals surface area contributed by atoms with Crippen molar-refractivity contribution >= 4 is 11.7 Å². The molecule has 29 heavy (non-hydrogen) atoms. The van der Waals surface area contributed by atoms with Gasteiger partial charge in [-0.1, -0.05) is 0 Å². The number of aliphatic hydroxyl groups excluding tert-OH is 1. The minimum atomic E-state index is -0.777. The van der Waals surface area contributed by atoms with Crippen LogP contribution in [0, 0.1) is 6.92 Å². The van der Waals surface area contributed by atoms with E-state index in [-0.39, 0.29) is 18.1 Å². The highest BCUT2D eigenvalue weighted by Crippen LogP contribution is 2.40. The molecular weight excluding hydrogens is 372 g/mol. The van der Waals surface area contributed by atoms with E-state index in [2.05, 4.69) is 25.2 Å². The van der Waals surface area contributed by atoms with Gasteiger partial charge < -0.3 is 24.6 Å². The summed E-state index contributed by atoms with van der Waals surface area (Å²) in [7, 11) is 1.82. The zero-order valence-corrected chi connectivity index (χ0v) is 17.1. The molecule has 2 N–H and O–H groups in total. The van der Waals surface area contributed by atoms with Crippen LogP contribution in [0.2, 0.25) is 0 Å². The Morgan fingerprint density at radius 2 is 2.10 bits per heavy atom. The van der Waals surface area contributed by atoms with E-state index in [9.17, 15) is 9.90 Å². The summed E-state index contributed by atoms with van der Waals surface area (Å²) in [6, 6.07) is 1.92. The van der Waals surface area contributed by atoms with Crippen LogP contribution in [0.25, 0.3) is 0 Å². The lowest BCUT2D eigenvalue weighted by atomic mass is 9.74. The first kappa shape index (κ1) is 19.8. The first-order valence-electron chi connectivity index (χ1n) is 9.96. The summed E-state index contributed by atoms with van der Waals surface area (Å²) in [6.45, 7) is 5.58. The SMILES string of the molecule is Cc1nccc(N2CCC3(CC2)C[C@](C)(NC(=O)c2cn(C)cn2)[C@@H](O)CO3)n1. The summed E-state index contributed by atoms with van der Waals surface area (Å²) < 4.78 is 7.86. The maximum absolute atomic E-state index is 12.7. The lowest BCUT2D eigenvalue weighted by Crippen LogP contribution is -2.65. The summed E-state index contributed by atoms with van der Waals surface area (Å²) in [5, 5.41) is 13.6. The quantitative estimate of drug-likeness (QED) is 0.786. The molecule has 2 atom stereocenters. The summed E-state index contributed by atoms with van der Waals surface area (Å²) in [4.78, 5) is 27.7. The number of imidazole rings is 1. The van der Waals surface area contributed by atoms with Crippen molar-refractivity contribution < 1.29 is 14.6 Å². The molecule has 1 spiro atoms. The Morgan fingerprint density at radius 1 is 1.34 bits per heavy atom. The number of carbonyl (C=O) groups is 1. The van der Waals surface area contributed by atoms with E-state index in [1.54, 1.807) is 23.3 Å². The standard InChI is InChI=1S/C20H28N6O3/c1-14-21-7-4-17(23-14)26-8-5-20(6-9-26)12-19(2,16(27)11-29-20)24-18(28)15-10-25(3)13-22-15/h4,7,10,13,16,27H,5-6,8-9,11-12H2,1-3H3,(H,24,28)/t16-,19-/m0/s1. The van der Waals surface area contributed by atoms with Crippen LogP contribution >= 0.6 is 0 Å². The highest BCUT2D eigenvalue weighted by atomic mass is 16.5. The van der Waals surface area contributed by atoms with Crippen molar-refractivity contribution in [2.45, 2.75) is 50.4 Å². The molecule has 2 aromatic heterocycles. The van der Waals surface area contributed by atoms with Crippen LogP contribution in [-0.4, -0.2) is 67.5 Å². The average Bonchev–Trinajstić information content (AvgIpc) is 3.12. The molecule has 0 aliphatic carbocycles. The fraction of sp³-hybridized carbons (Fsp3) is 0.600. The third-order valence-electron chi connectivity index (χ3n) is 6.07. The number of carbonyl (C=O) groups excluding carboxylic acids is 1. The smallest absolute Gasteiger partial charge is 0.271 e. The van der Waals surface area contributed by atoms with Gasteiger partial charge >= 0.3 is 0 Å². The molecule has 4 heterocycles. The van der Waals surface area contributed by atoms with Gasteiger partial charge in [0.2, 0.25) is 0 Å². The molecule has 9 nitrogen and oxygen atoms in total. The molecule has 9 heteroatoms. The van der Waals surface area contributed by atoms with Crippen LogP contribution in [0.5, 0.6) is 0 Å². The number of hydrogen-bond donors (Lipinski definition) is 2. The number of anilines is 1. The summed E-state index contributed by atoms with van der Waals surface area (Å²) in [5.41, 5.74) is -0.805. The minimum absolute atomic E-state index is 0.200. The Balaban J connectivity index is 1.45. The number of piperidine rings is 1. The van der Waals surface area contributed by atoms with Gasteiger partial charge in [-0.05, 0) is 32.8 Å². The molecule has 2 fully saturated rings. The highest BCUT2D eigenvalue weighted by Gasteiger charge is 2.50. The van der Waals surface area contributed by atoms with Crippen LogP contribution < -0.4 is 10.2 Å². The van der Waals surface area contributed by atoms with Gasteiger partial charge in [-0.15, -0.1) is 0 Å². The van der Waals surface area contributed by atoms with Gasteiger partial charge in [-0.2, -0.15) is 0 Å². The molecular formula is C20H28N6O3. The van der Waals surface area contributed by atoms with Gasteiger partial charge in [-0.3, -0.25) is 4.79 Å². The molecule has 0 radical (unpaired) electrons. The number of nitrogens with one attached hydrogen (secondary N) is 1. The third-order valence-corrected chi connectivity index (χ3v) is 6.07. The number of aryl methyl sites for hydroxylation is 2. The lowest BCUT2D eigenvalue weighted by Gasteiger charge is -2.52. The predicted molar refractivity (Wildman–Crippen MR) is 107 cm³/mol. The molecule has 0 bridgehead atoms. The molecule has 2 aliphatic rings. The fourth-order valence-electron chi connectivity index (χ4n) is 4.34. The largest absolute Gasteiger partial charge is 0.388 e. The van der Waals surface area contributed by atoms with Crippen molar-refractivity contribution in [3.8, 4) is 0 Å². The van der Waals surface area contributed by atoms with E-state index in [0.717, 1.165) is 37.6 Å². The zero-order chi connectivity index (χ0) is 20.6. The summed E-state index contributed by atoms with van der Waals surface area (Å²) >= 11 is 0. The second-order valence-electron chi connectivity index (χ2n) is 8.43. The Hall–Kier alpha value is -2.52. The van der Waals surface area contributed by atoms with Crippen molar-refractivity contribution in [1.82, 2.24) is 24.8 Å². The van der Waals surface area contributed by atoms with E-state index >= 15 is 0 Å². The molecule has 4 rings (SSSR count). The molecule has 2 aliphatic heterocycles. The van der Waals surface area contributed by atoms with Crippen LogP contribution in [0.3, 0.4) is 0 Å². The number of aromatic nitrogens is 4. The zero-order valence-electron chi connectivity index (χ0n) is 17.1. The monoisotopic (exact) mass is 400 g/mol. The third kappa shape index (κ3) is 3.97. The highest BCUT2D eigenvalue weighted by molar-refractivity contribution is 5.92. The molecule has 0 unspecified atom stereocenters. The van der Waals surface area contributed by atoms with Gasteiger partial charge in [0.05, 0.1) is 24.1 Å². The van der Waals surface area contributed by atoms with E-state index in [0.29, 0.717) is 12.1 Å². The lowest BCUT2D eigenvalue weighted by molar-refractivity contribution is -0.167. The van der Waals surface area contributed by atoms with Crippen LogP contribution in [0.1, 0.15) is 42.5 Å². The summed E-state index contributed by atoms with van der Waals surface area (Å²) in [6.07, 6.45) is 6.42. The Labute approximate surface area is 170 Å². The van der Waals surface area contributed by atoms with Crippen molar-refractivity contribution in [3.63, 3.8) is 0 Å². The molecule has 0 saturated carbocycles. The van der Waals surface area contributed by atoms with Crippen LogP contribution in [-0.2, 0) is 11.8 Å². The van der Waals surface area contributed by atoms with Crippen molar-refractivity contribution in [2.75, 3.05) is 24.6 Å². The molecule has 2 aromatic rings. The van der Waals surface area contributed by atoms with E-state index < -0.39 is 11.6 Å². The first-order valence-corrected chi connectivity index (χ1v) is 9.96. The van der Waals surface area contributed by atoms with Crippen molar-refractivity contribution in [3.05, 3.63) is 36.3 Å². The second-order valence-corrected chi connectivity index (χ2v) is 8.43. The number of ether oxygens (including phenoxy) is 1. The maximum Gasteiger partial charge on any atom is 0.271 e. The van der Waals surface area contributed by atoms with E-state index in [1.807, 2.05) is 27.0 Å². The number of aliphatic hydroxyl groups is 1. The normalized spacial score (nSPS) is 26.5. The van der Waals surface area contributed by atoms with Gasteiger partial charge in [0.25, 0.3) is 5.91 Å². The van der Waals surface area contributed by atoms with Gasteiger partial charge in [-0.25, -0.2) is 15.0 Å². The second kappa shape index (κ2) is 7.38.